The Balaban J connectivity index is 6.87. The molecule has 0 bridgehead atoms. The number of carbonyl (C=O) groups excluding carboxylic acids is 1. The number of rotatable bonds is 4. The van der Waals surface area contributed by atoms with Crippen LogP contribution in [0.15, 0.2) is 0 Å². The Morgan fingerprint density at radius 3 is 1.13 bits per heavy atom. The molecule has 0 aromatic carbocycles. The molecule has 0 radical (unpaired) electrons. The number of hydrogen-bond acceptors (Lipinski definition) is 1. The van der Waals surface area contributed by atoms with Crippen LogP contribution in [-0.4, -0.2) is 41.6 Å². The van der Waals surface area contributed by atoms with Gasteiger partial charge in [-0.25, -0.2) is 8.78 Å². The van der Waals surface area contributed by atoms with Gasteiger partial charge in [-0.1, -0.05) is 0 Å². The third-order valence-corrected chi connectivity index (χ3v) is 2.67. The zero-order valence-electron chi connectivity index (χ0n) is 10.5. The highest BCUT2D eigenvalue weighted by Crippen LogP contribution is 2.62. The second-order valence-electron chi connectivity index (χ2n) is 4.41. The van der Waals surface area contributed by atoms with Gasteiger partial charge in [0.15, 0.2) is 0 Å². The van der Waals surface area contributed by atoms with E-state index in [0.717, 1.165) is 0 Å². The SMILES string of the molecule is CC(=O)CC(F)(C(F)(F)C(F)(F)F)C(F)(C(F)(F)F)C(F)(F)F. The first-order valence-electron chi connectivity index (χ1n) is 5.12. The molecule has 1 unspecified atom stereocenters. The minimum atomic E-state index is -7.66. The number of Topliss-reactive ketones (excluding diaryl/α,β-unsaturated/α-hetero) is 1. The van der Waals surface area contributed by atoms with E-state index >= 15 is 0 Å². The van der Waals surface area contributed by atoms with E-state index in [-0.39, 0.29) is 6.92 Å². The number of hydrogen-bond donors (Lipinski definition) is 0. The smallest absolute Gasteiger partial charge is 0.300 e. The number of alkyl halides is 13. The lowest BCUT2D eigenvalue weighted by Gasteiger charge is -2.44. The van der Waals surface area contributed by atoms with Gasteiger partial charge in [-0.3, -0.25) is 4.79 Å². The zero-order chi connectivity index (χ0) is 19.3. The number of ketones is 1. The maximum atomic E-state index is 13.9. The summed E-state index contributed by atoms with van der Waals surface area (Å²) in [5, 5.41) is 0. The van der Waals surface area contributed by atoms with Crippen molar-refractivity contribution >= 4 is 5.78 Å². The van der Waals surface area contributed by atoms with Gasteiger partial charge in [-0.15, -0.1) is 0 Å². The second kappa shape index (κ2) is 5.40. The molecule has 0 aliphatic rings. The van der Waals surface area contributed by atoms with E-state index in [1.54, 1.807) is 0 Å². The Hall–Kier alpha value is -1.24. The van der Waals surface area contributed by atoms with Crippen LogP contribution in [0.1, 0.15) is 13.3 Å². The average Bonchev–Trinajstić information content (AvgIpc) is 2.21. The zero-order valence-corrected chi connectivity index (χ0v) is 10.5. The van der Waals surface area contributed by atoms with E-state index in [1.807, 2.05) is 0 Å². The van der Waals surface area contributed by atoms with E-state index in [1.165, 1.54) is 0 Å². The monoisotopic (exact) mass is 376 g/mol. The summed E-state index contributed by atoms with van der Waals surface area (Å²) in [6, 6.07) is 0. The van der Waals surface area contributed by atoms with Gasteiger partial charge in [0.2, 0.25) is 5.67 Å². The molecular weight excluding hydrogens is 371 g/mol. The maximum Gasteiger partial charge on any atom is 0.456 e. The standard InChI is InChI=1S/C9H5F13O/c1-3(23)2-4(10,6(12,13)9(20,21)22)5(11,7(14,15)16)8(17,18)19/h2H2,1H3. The summed E-state index contributed by atoms with van der Waals surface area (Å²) in [5.41, 5.74) is -14.7. The molecule has 0 N–H and O–H groups in total. The van der Waals surface area contributed by atoms with Crippen molar-refractivity contribution in [1.29, 1.82) is 0 Å². The molecule has 0 aliphatic heterocycles. The van der Waals surface area contributed by atoms with Crippen molar-refractivity contribution in [2.24, 2.45) is 0 Å². The summed E-state index contributed by atoms with van der Waals surface area (Å²) in [7, 11) is 0. The molecule has 1 nitrogen and oxygen atoms in total. The van der Waals surface area contributed by atoms with Gasteiger partial charge >= 0.3 is 30.1 Å². The lowest BCUT2D eigenvalue weighted by Crippen LogP contribution is -2.75. The van der Waals surface area contributed by atoms with Crippen LogP contribution in [0.25, 0.3) is 0 Å². The van der Waals surface area contributed by atoms with Crippen LogP contribution in [0.2, 0.25) is 0 Å². The quantitative estimate of drug-likeness (QED) is 0.650. The van der Waals surface area contributed by atoms with Crippen molar-refractivity contribution in [3.63, 3.8) is 0 Å². The molecule has 1 atom stereocenters. The van der Waals surface area contributed by atoms with Gasteiger partial charge in [0.05, 0.1) is 6.42 Å². The summed E-state index contributed by atoms with van der Waals surface area (Å²) in [4.78, 5) is 10.5. The highest BCUT2D eigenvalue weighted by atomic mass is 19.4. The molecule has 0 heterocycles. The molecule has 0 spiro atoms. The van der Waals surface area contributed by atoms with Crippen LogP contribution in [0.3, 0.4) is 0 Å². The third kappa shape index (κ3) is 3.07. The molecule has 14 heteroatoms. The predicted octanol–water partition coefficient (Wildman–Crippen LogP) is 4.70. The molecule has 138 valence electrons. The fourth-order valence-corrected chi connectivity index (χ4v) is 1.63. The van der Waals surface area contributed by atoms with E-state index in [2.05, 4.69) is 0 Å². The lowest BCUT2D eigenvalue weighted by molar-refractivity contribution is -0.427. The Bertz CT molecular complexity index is 442. The van der Waals surface area contributed by atoms with Crippen LogP contribution in [-0.2, 0) is 4.79 Å². The fourth-order valence-electron chi connectivity index (χ4n) is 1.63. The molecule has 0 aromatic rings. The summed E-state index contributed by atoms with van der Waals surface area (Å²) in [6.45, 7) is -0.0893. The second-order valence-corrected chi connectivity index (χ2v) is 4.41. The third-order valence-electron chi connectivity index (χ3n) is 2.67. The van der Waals surface area contributed by atoms with Crippen molar-refractivity contribution in [3.05, 3.63) is 0 Å². The first-order chi connectivity index (χ1) is 9.67. The molecule has 0 saturated heterocycles. The number of carbonyl (C=O) groups is 1. The summed E-state index contributed by atoms with van der Waals surface area (Å²) in [5.74, 6) is -9.78. The Morgan fingerprint density at radius 2 is 0.957 bits per heavy atom. The molecule has 0 saturated carbocycles. The minimum Gasteiger partial charge on any atom is -0.300 e. The van der Waals surface area contributed by atoms with E-state index in [0.29, 0.717) is 0 Å². The van der Waals surface area contributed by atoms with Gasteiger partial charge in [-0.2, -0.15) is 48.3 Å². The Morgan fingerprint density at radius 1 is 0.652 bits per heavy atom. The van der Waals surface area contributed by atoms with Gasteiger partial charge in [0.1, 0.15) is 5.78 Å². The van der Waals surface area contributed by atoms with Crippen molar-refractivity contribution in [1.82, 2.24) is 0 Å². The highest BCUT2D eigenvalue weighted by Gasteiger charge is 2.92. The van der Waals surface area contributed by atoms with Crippen LogP contribution in [0.5, 0.6) is 0 Å². The lowest BCUT2D eigenvalue weighted by atomic mass is 9.76. The van der Waals surface area contributed by atoms with Crippen LogP contribution >= 0.6 is 0 Å². The van der Waals surface area contributed by atoms with Crippen LogP contribution in [0, 0.1) is 0 Å². The van der Waals surface area contributed by atoms with Gasteiger partial charge in [0.25, 0.3) is 0 Å². The van der Waals surface area contributed by atoms with Gasteiger partial charge in [0, 0.05) is 0 Å². The van der Waals surface area contributed by atoms with E-state index < -0.39 is 48.0 Å². The van der Waals surface area contributed by atoms with Crippen LogP contribution in [0.4, 0.5) is 57.1 Å². The Kier molecular flexibility index (Phi) is 5.10. The average molecular weight is 376 g/mol. The first kappa shape index (κ1) is 21.8. The summed E-state index contributed by atoms with van der Waals surface area (Å²) < 4.78 is 163. The van der Waals surface area contributed by atoms with Crippen molar-refractivity contribution < 1.29 is 61.9 Å². The van der Waals surface area contributed by atoms with Crippen molar-refractivity contribution in [3.8, 4) is 0 Å². The fraction of sp³-hybridized carbons (Fsp3) is 0.889. The maximum absolute atomic E-state index is 13.9. The molecule has 0 amide bonds. The highest BCUT2D eigenvalue weighted by molar-refractivity contribution is 5.77. The molecule has 0 aromatic heterocycles. The largest absolute Gasteiger partial charge is 0.456 e. The molecule has 0 rings (SSSR count). The normalized spacial score (nSPS) is 17.8. The van der Waals surface area contributed by atoms with Crippen molar-refractivity contribution in [2.75, 3.05) is 0 Å². The molecule has 23 heavy (non-hydrogen) atoms. The Labute approximate surface area is 118 Å². The molecular formula is C9H5F13O. The van der Waals surface area contributed by atoms with Crippen molar-refractivity contribution in [2.45, 2.75) is 49.1 Å². The molecule has 0 aliphatic carbocycles. The summed E-state index contributed by atoms with van der Waals surface area (Å²) in [6.07, 6.45) is -25.8. The minimum absolute atomic E-state index is 0.0893. The van der Waals surface area contributed by atoms with Gasteiger partial charge < -0.3 is 0 Å². The van der Waals surface area contributed by atoms with E-state index in [4.69, 9.17) is 0 Å². The topological polar surface area (TPSA) is 17.1 Å². The number of halogens is 13. The summed E-state index contributed by atoms with van der Waals surface area (Å²) >= 11 is 0. The predicted molar refractivity (Wildman–Crippen MR) is 46.1 cm³/mol. The molecule has 0 fully saturated rings. The van der Waals surface area contributed by atoms with E-state index in [9.17, 15) is 61.9 Å². The van der Waals surface area contributed by atoms with Crippen LogP contribution < -0.4 is 0 Å². The first-order valence-corrected chi connectivity index (χ1v) is 5.12. The van der Waals surface area contributed by atoms with Gasteiger partial charge in [-0.05, 0) is 6.92 Å².